The summed E-state index contributed by atoms with van der Waals surface area (Å²) < 4.78 is 4.91. The van der Waals surface area contributed by atoms with Gasteiger partial charge in [0.05, 0.1) is 5.44 Å². The van der Waals surface area contributed by atoms with Gasteiger partial charge in [-0.25, -0.2) is 0 Å². The molecular formula is C4H10OS. The van der Waals surface area contributed by atoms with Crippen LogP contribution >= 0.6 is 12.6 Å². The number of rotatable bonds is 2. The second kappa shape index (κ2) is 3.50. The molecule has 1 atom stereocenters. The van der Waals surface area contributed by atoms with Crippen molar-refractivity contribution in [3.63, 3.8) is 0 Å². The van der Waals surface area contributed by atoms with Gasteiger partial charge in [0.2, 0.25) is 0 Å². The van der Waals surface area contributed by atoms with E-state index in [1.165, 1.54) is 0 Å². The molecule has 0 aromatic heterocycles. The Hall–Kier alpha value is 0.310. The van der Waals surface area contributed by atoms with Gasteiger partial charge < -0.3 is 4.74 Å². The predicted octanol–water partition coefficient (Wildman–Crippen LogP) is 1.30. The van der Waals surface area contributed by atoms with Crippen LogP contribution in [0.25, 0.3) is 0 Å². The Labute approximate surface area is 44.1 Å². The number of thiol groups is 1. The van der Waals surface area contributed by atoms with Gasteiger partial charge in [0.25, 0.3) is 0 Å². The lowest BCUT2D eigenvalue weighted by Crippen LogP contribution is -1.96. The summed E-state index contributed by atoms with van der Waals surface area (Å²) in [5.41, 5.74) is 0.0926. The minimum atomic E-state index is 0.0926. The zero-order valence-electron chi connectivity index (χ0n) is 4.14. The van der Waals surface area contributed by atoms with Crippen molar-refractivity contribution < 1.29 is 4.74 Å². The Bertz CT molecular complexity index is 28.7. The summed E-state index contributed by atoms with van der Waals surface area (Å²) in [7, 11) is 0. The van der Waals surface area contributed by atoms with Crippen molar-refractivity contribution in [2.75, 3.05) is 6.61 Å². The van der Waals surface area contributed by atoms with Crippen LogP contribution in [0, 0.1) is 0 Å². The van der Waals surface area contributed by atoms with Gasteiger partial charge in [-0.1, -0.05) is 0 Å². The van der Waals surface area contributed by atoms with Crippen molar-refractivity contribution in [3.05, 3.63) is 0 Å². The zero-order valence-corrected chi connectivity index (χ0v) is 5.03. The lowest BCUT2D eigenvalue weighted by molar-refractivity contribution is 0.138. The molecule has 1 unspecified atom stereocenters. The van der Waals surface area contributed by atoms with Gasteiger partial charge in [-0.05, 0) is 13.8 Å². The largest absolute Gasteiger partial charge is 0.368 e. The monoisotopic (exact) mass is 106 g/mol. The summed E-state index contributed by atoms with van der Waals surface area (Å²) in [6.07, 6.45) is 0. The van der Waals surface area contributed by atoms with Gasteiger partial charge in [0, 0.05) is 6.61 Å². The molecule has 6 heavy (non-hydrogen) atoms. The fourth-order valence-electron chi connectivity index (χ4n) is 0.241. The quantitative estimate of drug-likeness (QED) is 0.412. The third-order valence-electron chi connectivity index (χ3n) is 0.408. The first-order chi connectivity index (χ1) is 2.77. The maximum absolute atomic E-state index is 4.91. The van der Waals surface area contributed by atoms with Crippen LogP contribution in [-0.2, 0) is 4.74 Å². The molecule has 0 saturated carbocycles. The van der Waals surface area contributed by atoms with E-state index in [-0.39, 0.29) is 5.44 Å². The summed E-state index contributed by atoms with van der Waals surface area (Å²) in [5, 5.41) is 0. The van der Waals surface area contributed by atoms with Gasteiger partial charge >= 0.3 is 0 Å². The van der Waals surface area contributed by atoms with E-state index >= 15 is 0 Å². The van der Waals surface area contributed by atoms with Crippen LogP contribution in [0.15, 0.2) is 0 Å². The molecule has 0 N–H and O–H groups in total. The minimum absolute atomic E-state index is 0.0926. The van der Waals surface area contributed by atoms with Gasteiger partial charge in [0.1, 0.15) is 0 Å². The molecule has 0 aromatic rings. The standard InChI is InChI=1S/C4H10OS/c1-3-5-4(2)6/h4,6H,3H2,1-2H3. The van der Waals surface area contributed by atoms with Crippen molar-refractivity contribution in [1.82, 2.24) is 0 Å². The first kappa shape index (κ1) is 6.31. The van der Waals surface area contributed by atoms with Gasteiger partial charge in [-0.3, -0.25) is 0 Å². The Morgan fingerprint density at radius 2 is 2.33 bits per heavy atom. The molecule has 0 heterocycles. The van der Waals surface area contributed by atoms with Crippen LogP contribution in [-0.4, -0.2) is 12.0 Å². The molecule has 0 amide bonds. The molecule has 0 aliphatic carbocycles. The third-order valence-corrected chi connectivity index (χ3v) is 0.557. The van der Waals surface area contributed by atoms with Crippen LogP contribution in [0.1, 0.15) is 13.8 Å². The molecule has 0 aromatic carbocycles. The number of hydrogen-bond acceptors (Lipinski definition) is 2. The smallest absolute Gasteiger partial charge is 0.0971 e. The van der Waals surface area contributed by atoms with Crippen molar-refractivity contribution in [3.8, 4) is 0 Å². The summed E-state index contributed by atoms with van der Waals surface area (Å²) in [6.45, 7) is 4.60. The maximum Gasteiger partial charge on any atom is 0.0971 e. The van der Waals surface area contributed by atoms with Crippen LogP contribution < -0.4 is 0 Å². The van der Waals surface area contributed by atoms with Crippen molar-refractivity contribution in [1.29, 1.82) is 0 Å². The van der Waals surface area contributed by atoms with Gasteiger partial charge in [-0.2, -0.15) is 0 Å². The van der Waals surface area contributed by atoms with E-state index in [2.05, 4.69) is 12.6 Å². The molecule has 0 radical (unpaired) electrons. The van der Waals surface area contributed by atoms with Crippen molar-refractivity contribution >= 4 is 12.6 Å². The van der Waals surface area contributed by atoms with E-state index in [9.17, 15) is 0 Å². The highest BCUT2D eigenvalue weighted by atomic mass is 32.1. The Balaban J connectivity index is 2.63. The molecular weight excluding hydrogens is 96.1 g/mol. The first-order valence-electron chi connectivity index (χ1n) is 2.07. The second-order valence-electron chi connectivity index (χ2n) is 1.05. The molecule has 0 rings (SSSR count). The van der Waals surface area contributed by atoms with Crippen LogP contribution in [0.3, 0.4) is 0 Å². The Kier molecular flexibility index (Phi) is 3.68. The lowest BCUT2D eigenvalue weighted by atomic mass is 10.8. The molecule has 2 heteroatoms. The van der Waals surface area contributed by atoms with E-state index < -0.39 is 0 Å². The summed E-state index contributed by atoms with van der Waals surface area (Å²) in [4.78, 5) is 0. The molecule has 0 bridgehead atoms. The molecule has 1 nitrogen and oxygen atoms in total. The average Bonchev–Trinajstić information content (AvgIpc) is 1.35. The van der Waals surface area contributed by atoms with Gasteiger partial charge in [-0.15, -0.1) is 12.6 Å². The highest BCUT2D eigenvalue weighted by molar-refractivity contribution is 7.80. The predicted molar refractivity (Wildman–Crippen MR) is 30.1 cm³/mol. The third kappa shape index (κ3) is 4.31. The summed E-state index contributed by atoms with van der Waals surface area (Å²) >= 11 is 3.96. The fraction of sp³-hybridized carbons (Fsp3) is 1.00. The number of hydrogen-bond donors (Lipinski definition) is 1. The SMILES string of the molecule is CCOC(C)S. The molecule has 38 valence electrons. The van der Waals surface area contributed by atoms with Crippen molar-refractivity contribution in [2.24, 2.45) is 0 Å². The molecule has 0 aliphatic heterocycles. The zero-order chi connectivity index (χ0) is 4.99. The molecule has 0 aliphatic rings. The Morgan fingerprint density at radius 3 is 2.33 bits per heavy atom. The van der Waals surface area contributed by atoms with E-state index in [0.29, 0.717) is 0 Å². The van der Waals surface area contributed by atoms with Gasteiger partial charge in [0.15, 0.2) is 0 Å². The highest BCUT2D eigenvalue weighted by Gasteiger charge is 1.84. The molecule has 0 spiro atoms. The second-order valence-corrected chi connectivity index (χ2v) is 1.78. The molecule has 0 saturated heterocycles. The molecule has 0 fully saturated rings. The highest BCUT2D eigenvalue weighted by Crippen LogP contribution is 1.91. The number of ether oxygens (including phenoxy) is 1. The van der Waals surface area contributed by atoms with Crippen LogP contribution in [0.5, 0.6) is 0 Å². The van der Waals surface area contributed by atoms with Crippen LogP contribution in [0.4, 0.5) is 0 Å². The van der Waals surface area contributed by atoms with E-state index in [1.54, 1.807) is 0 Å². The van der Waals surface area contributed by atoms with E-state index in [1.807, 2.05) is 13.8 Å². The lowest BCUT2D eigenvalue weighted by Gasteiger charge is -1.99. The average molecular weight is 106 g/mol. The van der Waals surface area contributed by atoms with Crippen molar-refractivity contribution in [2.45, 2.75) is 19.3 Å². The fourth-order valence-corrected chi connectivity index (χ4v) is 0.390. The maximum atomic E-state index is 4.91. The Morgan fingerprint density at radius 1 is 1.83 bits per heavy atom. The minimum Gasteiger partial charge on any atom is -0.368 e. The topological polar surface area (TPSA) is 9.23 Å². The first-order valence-corrected chi connectivity index (χ1v) is 2.58. The van der Waals surface area contributed by atoms with E-state index in [0.717, 1.165) is 6.61 Å². The summed E-state index contributed by atoms with van der Waals surface area (Å²) in [6, 6.07) is 0. The van der Waals surface area contributed by atoms with Crippen LogP contribution in [0.2, 0.25) is 0 Å². The summed E-state index contributed by atoms with van der Waals surface area (Å²) in [5.74, 6) is 0. The normalized spacial score (nSPS) is 14.5. The van der Waals surface area contributed by atoms with E-state index in [4.69, 9.17) is 4.74 Å².